The summed E-state index contributed by atoms with van der Waals surface area (Å²) in [6.07, 6.45) is -1.57. The van der Waals surface area contributed by atoms with E-state index in [0.717, 1.165) is 0 Å². The van der Waals surface area contributed by atoms with Crippen molar-refractivity contribution in [3.63, 3.8) is 0 Å². The minimum atomic E-state index is -4.79. The van der Waals surface area contributed by atoms with E-state index in [1.807, 2.05) is 0 Å². The van der Waals surface area contributed by atoms with Crippen LogP contribution in [0, 0.1) is 5.92 Å². The lowest BCUT2D eigenvalue weighted by Crippen LogP contribution is -2.34. The molecule has 20 heteroatoms. The fourth-order valence-electron chi connectivity index (χ4n) is 5.69. The van der Waals surface area contributed by atoms with Crippen LogP contribution in [0.1, 0.15) is 25.3 Å². The Kier molecular flexibility index (Phi) is 6.29. The van der Waals surface area contributed by atoms with Crippen LogP contribution in [-0.2, 0) is 23.1 Å². The van der Waals surface area contributed by atoms with Crippen LogP contribution in [0.5, 0.6) is 0 Å². The van der Waals surface area contributed by atoms with E-state index < -0.39 is 61.5 Å². The van der Waals surface area contributed by atoms with Gasteiger partial charge in [0, 0.05) is 5.92 Å². The first-order chi connectivity index (χ1) is 19.6. The molecule has 218 valence electrons. The number of nitrogens with zero attached hydrogens (tertiary/aromatic N) is 7. The maximum atomic E-state index is 13.1. The number of aromatic nitrogens is 8. The van der Waals surface area contributed by atoms with E-state index >= 15 is 0 Å². The highest BCUT2D eigenvalue weighted by Crippen LogP contribution is 2.52. The van der Waals surface area contributed by atoms with Crippen molar-refractivity contribution in [2.75, 3.05) is 18.1 Å². The van der Waals surface area contributed by atoms with E-state index in [9.17, 15) is 19.4 Å². The van der Waals surface area contributed by atoms with Gasteiger partial charge >= 0.3 is 7.82 Å². The predicted octanol–water partition coefficient (Wildman–Crippen LogP) is -0.201. The molecule has 0 saturated carbocycles. The van der Waals surface area contributed by atoms with Gasteiger partial charge < -0.3 is 30.9 Å². The molecule has 2 bridgehead atoms. The van der Waals surface area contributed by atoms with Gasteiger partial charge in [-0.2, -0.15) is 4.98 Å². The summed E-state index contributed by atoms with van der Waals surface area (Å²) in [7, 11) is -4.79. The molecular weight excluding hydrogens is 587 g/mol. The van der Waals surface area contributed by atoms with Crippen LogP contribution in [0.3, 0.4) is 0 Å². The molecule has 9 atom stereocenters. The number of phosphoric ester groups is 1. The number of nitrogens with two attached hydrogens (primary N) is 2. The number of imidazole rings is 2. The van der Waals surface area contributed by atoms with Crippen LogP contribution in [0.2, 0.25) is 0 Å². The molecule has 7 rings (SSSR count). The van der Waals surface area contributed by atoms with Crippen LogP contribution in [0.4, 0.5) is 11.8 Å². The molecule has 7 heterocycles. The van der Waals surface area contributed by atoms with Crippen molar-refractivity contribution in [2.45, 2.75) is 55.1 Å². The van der Waals surface area contributed by atoms with E-state index in [4.69, 9.17) is 41.6 Å². The second kappa shape index (κ2) is 9.67. The van der Waals surface area contributed by atoms with Gasteiger partial charge in [-0.15, -0.1) is 11.6 Å². The summed E-state index contributed by atoms with van der Waals surface area (Å²) in [5, 5.41) is 10.5. The lowest BCUT2D eigenvalue weighted by atomic mass is 9.92. The minimum Gasteiger partial charge on any atom is -0.387 e. The molecular formula is C21H24ClN10O8P. The number of fused-ring (bicyclic) bond motifs is 5. The molecule has 3 fully saturated rings. The molecule has 0 spiro atoms. The SMILES string of the molecule is Nc1nc2c(ncn2[C@@H]2OC3CC[C@H]4[C@H](Cl)[C@H](n5cnc6c(N)ncnc65)O[C@@H]4COP(=O)(O)O[C@@H]2[C@@H]3O)c(=O)[nH]1. The summed E-state index contributed by atoms with van der Waals surface area (Å²) < 4.78 is 39.1. The van der Waals surface area contributed by atoms with Crippen molar-refractivity contribution < 1.29 is 33.1 Å². The standard InChI is InChI=1S/C21H24ClN10O8P/c22-10-7-1-2-8-13(33)14(20(38-8)32-6-28-12-17(32)29-21(24)30-18(12)34)40-41(35,36)37-3-9(7)39-19(10)31-5-27-11-15(23)25-4-26-16(11)31/h4-10,13-14,19-20,33H,1-3H2,(H,35,36)(H2,23,25,26)(H3,24,29,30,34)/t7-,8?,9-,10+,13-,14-,19-,20-/m1/s1. The molecule has 3 aliphatic rings. The highest BCUT2D eigenvalue weighted by Gasteiger charge is 2.52. The largest absolute Gasteiger partial charge is 0.472 e. The van der Waals surface area contributed by atoms with Crippen molar-refractivity contribution in [3.8, 4) is 0 Å². The monoisotopic (exact) mass is 610 g/mol. The Morgan fingerprint density at radius 1 is 1.02 bits per heavy atom. The first-order valence-corrected chi connectivity index (χ1v) is 14.5. The number of halogens is 1. The van der Waals surface area contributed by atoms with E-state index in [2.05, 4.69) is 29.9 Å². The lowest BCUT2D eigenvalue weighted by molar-refractivity contribution is -0.0566. The molecule has 0 aliphatic carbocycles. The fraction of sp³-hybridized carbons (Fsp3) is 0.524. The van der Waals surface area contributed by atoms with Crippen molar-refractivity contribution in [1.29, 1.82) is 0 Å². The minimum absolute atomic E-state index is 0.0370. The number of aliphatic hydroxyl groups is 1. The Bertz CT molecular complexity index is 1750. The number of nitrogen functional groups attached to an aromatic ring is 2. The smallest absolute Gasteiger partial charge is 0.387 e. The summed E-state index contributed by atoms with van der Waals surface area (Å²) in [6.45, 7) is -0.331. The second-order valence-electron chi connectivity index (χ2n) is 10.00. The number of rotatable bonds is 2. The molecule has 0 radical (unpaired) electrons. The summed E-state index contributed by atoms with van der Waals surface area (Å²) in [6, 6.07) is 0. The van der Waals surface area contributed by atoms with Crippen LogP contribution in [0.25, 0.3) is 22.3 Å². The number of nitrogens with one attached hydrogen (secondary N) is 1. The van der Waals surface area contributed by atoms with E-state index in [1.54, 1.807) is 4.57 Å². The first kappa shape index (κ1) is 26.7. The van der Waals surface area contributed by atoms with E-state index in [0.29, 0.717) is 17.6 Å². The Morgan fingerprint density at radius 3 is 2.56 bits per heavy atom. The third-order valence-corrected chi connectivity index (χ3v) is 9.14. The van der Waals surface area contributed by atoms with Crippen LogP contribution >= 0.6 is 19.4 Å². The van der Waals surface area contributed by atoms with Crippen LogP contribution < -0.4 is 17.0 Å². The zero-order valence-electron chi connectivity index (χ0n) is 20.9. The van der Waals surface area contributed by atoms with Gasteiger partial charge in [0.1, 0.15) is 24.1 Å². The van der Waals surface area contributed by atoms with Crippen molar-refractivity contribution in [1.82, 2.24) is 39.0 Å². The maximum Gasteiger partial charge on any atom is 0.472 e. The topological polar surface area (TPSA) is 254 Å². The third-order valence-electron chi connectivity index (χ3n) is 7.61. The van der Waals surface area contributed by atoms with Crippen molar-refractivity contribution in [2.24, 2.45) is 5.92 Å². The molecule has 41 heavy (non-hydrogen) atoms. The summed E-state index contributed by atoms with van der Waals surface area (Å²) in [5.74, 6) is -0.379. The fourth-order valence-corrected chi connectivity index (χ4v) is 7.09. The quantitative estimate of drug-likeness (QED) is 0.145. The molecule has 4 aromatic rings. The lowest BCUT2D eigenvalue weighted by Gasteiger charge is -2.25. The number of hydrogen-bond acceptors (Lipinski definition) is 14. The maximum absolute atomic E-state index is 13.1. The van der Waals surface area contributed by atoms with Crippen molar-refractivity contribution >= 4 is 53.5 Å². The predicted molar refractivity (Wildman–Crippen MR) is 139 cm³/mol. The van der Waals surface area contributed by atoms with Gasteiger partial charge in [0.25, 0.3) is 5.56 Å². The summed E-state index contributed by atoms with van der Waals surface area (Å²) in [4.78, 5) is 45.9. The average molecular weight is 611 g/mol. The van der Waals surface area contributed by atoms with Gasteiger partial charge in [-0.25, -0.2) is 24.5 Å². The molecule has 3 saturated heterocycles. The van der Waals surface area contributed by atoms with Crippen molar-refractivity contribution in [3.05, 3.63) is 29.3 Å². The Balaban J connectivity index is 1.20. The van der Waals surface area contributed by atoms with Crippen LogP contribution in [-0.4, -0.2) is 85.4 Å². The van der Waals surface area contributed by atoms with E-state index in [1.165, 1.54) is 23.5 Å². The molecule has 18 nitrogen and oxygen atoms in total. The number of hydrogen-bond donors (Lipinski definition) is 5. The normalized spacial score (nSPS) is 36.0. The second-order valence-corrected chi connectivity index (χ2v) is 11.9. The number of aromatic amines is 1. The zero-order chi connectivity index (χ0) is 28.6. The summed E-state index contributed by atoms with van der Waals surface area (Å²) in [5.41, 5.74) is 11.8. The molecule has 0 amide bonds. The Morgan fingerprint density at radius 2 is 1.76 bits per heavy atom. The molecule has 4 aromatic heterocycles. The third kappa shape index (κ3) is 4.38. The van der Waals surface area contributed by atoms with E-state index in [-0.39, 0.29) is 36.0 Å². The number of ether oxygens (including phenoxy) is 2. The van der Waals surface area contributed by atoms with Gasteiger partial charge in [-0.1, -0.05) is 0 Å². The Hall–Kier alpha value is -3.22. The van der Waals surface area contributed by atoms with Crippen LogP contribution in [0.15, 0.2) is 23.8 Å². The zero-order valence-corrected chi connectivity index (χ0v) is 22.6. The number of H-pyrrole nitrogens is 1. The number of alkyl halides is 1. The average Bonchev–Trinajstić information content (AvgIpc) is 3.67. The molecule has 7 N–H and O–H groups in total. The number of phosphoric acid groups is 1. The van der Waals surface area contributed by atoms with Gasteiger partial charge in [0.15, 0.2) is 35.1 Å². The van der Waals surface area contributed by atoms with Gasteiger partial charge in [-0.3, -0.25) is 28.0 Å². The molecule has 2 unspecified atom stereocenters. The van der Waals surface area contributed by atoms with Gasteiger partial charge in [0.05, 0.1) is 36.8 Å². The highest BCUT2D eigenvalue weighted by atomic mass is 35.5. The number of anilines is 2. The molecule has 0 aromatic carbocycles. The summed E-state index contributed by atoms with van der Waals surface area (Å²) >= 11 is 6.92. The Labute approximate surface area is 234 Å². The molecule has 3 aliphatic heterocycles. The van der Waals surface area contributed by atoms with Gasteiger partial charge in [0.2, 0.25) is 5.95 Å². The highest BCUT2D eigenvalue weighted by molar-refractivity contribution is 7.47. The first-order valence-electron chi connectivity index (χ1n) is 12.6. The van der Waals surface area contributed by atoms with Gasteiger partial charge in [-0.05, 0) is 12.8 Å². The number of aliphatic hydroxyl groups excluding tert-OH is 1.